The van der Waals surface area contributed by atoms with Crippen LogP contribution in [0.2, 0.25) is 0 Å². The van der Waals surface area contributed by atoms with Gasteiger partial charge in [-0.2, -0.15) is 0 Å². The molecule has 0 radical (unpaired) electrons. The first-order chi connectivity index (χ1) is 4.34. The number of ether oxygens (including phenoxy) is 1. The van der Waals surface area contributed by atoms with Crippen molar-refractivity contribution in [3.8, 4) is 0 Å². The molecule has 0 aromatic heterocycles. The zero-order valence-electron chi connectivity index (χ0n) is 4.59. The maximum Gasteiger partial charge on any atom is 0.350 e. The fourth-order valence-corrected chi connectivity index (χ4v) is 0.514. The Morgan fingerprint density at radius 2 is 2.44 bits per heavy atom. The van der Waals surface area contributed by atoms with Gasteiger partial charge in [0.1, 0.15) is 11.5 Å². The zero-order chi connectivity index (χ0) is 6.69. The second-order valence-corrected chi connectivity index (χ2v) is 1.56. The summed E-state index contributed by atoms with van der Waals surface area (Å²) in [5.41, 5.74) is 0.0532. The predicted octanol–water partition coefficient (Wildman–Crippen LogP) is 0.205. The molecule has 0 fully saturated rings. The fourth-order valence-electron chi connectivity index (χ4n) is 0.514. The van der Waals surface area contributed by atoms with E-state index in [1.54, 1.807) is 6.08 Å². The Morgan fingerprint density at radius 1 is 1.67 bits per heavy atom. The molecule has 0 saturated carbocycles. The predicted molar refractivity (Wildman–Crippen MR) is 29.1 cm³/mol. The van der Waals surface area contributed by atoms with Crippen LogP contribution in [0.1, 0.15) is 6.42 Å². The van der Waals surface area contributed by atoms with Gasteiger partial charge in [-0.25, -0.2) is 9.59 Å². The Kier molecular flexibility index (Phi) is 1.47. The normalized spacial score (nSPS) is 16.9. The van der Waals surface area contributed by atoms with E-state index in [2.05, 4.69) is 4.74 Å². The van der Waals surface area contributed by atoms with Gasteiger partial charge in [0.15, 0.2) is 0 Å². The molecule has 0 aromatic rings. The molecule has 46 valence electrons. The summed E-state index contributed by atoms with van der Waals surface area (Å²) in [5.74, 6) is 0.904. The van der Waals surface area contributed by atoms with Gasteiger partial charge in [-0.05, 0) is 6.08 Å². The van der Waals surface area contributed by atoms with E-state index in [0.29, 0.717) is 6.42 Å². The summed E-state index contributed by atoms with van der Waals surface area (Å²) in [7, 11) is 0. The van der Waals surface area contributed by atoms with Gasteiger partial charge in [-0.15, -0.1) is 0 Å². The zero-order valence-corrected chi connectivity index (χ0v) is 4.59. The Morgan fingerprint density at radius 3 is 2.89 bits per heavy atom. The van der Waals surface area contributed by atoms with Crippen LogP contribution >= 0.6 is 0 Å². The molecule has 9 heavy (non-hydrogen) atoms. The van der Waals surface area contributed by atoms with E-state index in [4.69, 9.17) is 0 Å². The average molecular weight is 124 g/mol. The second-order valence-electron chi connectivity index (χ2n) is 1.56. The van der Waals surface area contributed by atoms with Gasteiger partial charge in [-0.3, -0.25) is 0 Å². The van der Waals surface area contributed by atoms with Crippen molar-refractivity contribution in [1.29, 1.82) is 0 Å². The van der Waals surface area contributed by atoms with Crippen molar-refractivity contribution in [2.24, 2.45) is 0 Å². The number of carbonyl (C=O) groups is 1. The molecule has 0 aromatic carbocycles. The fraction of sp³-hybridized carbons (Fsp3) is 0.167. The minimum atomic E-state index is -0.590. The lowest BCUT2D eigenvalue weighted by molar-refractivity contribution is -0.134. The van der Waals surface area contributed by atoms with Gasteiger partial charge in [0.25, 0.3) is 0 Å². The molecule has 0 saturated heterocycles. The van der Waals surface area contributed by atoms with E-state index >= 15 is 0 Å². The number of carbonyl (C=O) groups excluding carboxylic acids is 2. The molecular formula is C6H4O3. The highest BCUT2D eigenvalue weighted by atomic mass is 16.5. The maximum atomic E-state index is 10.5. The molecule has 3 nitrogen and oxygen atoms in total. The molecule has 0 unspecified atom stereocenters. The van der Waals surface area contributed by atoms with Crippen LogP contribution in [0.4, 0.5) is 0 Å². The summed E-state index contributed by atoms with van der Waals surface area (Å²) in [5, 5.41) is 0. The van der Waals surface area contributed by atoms with Crippen LogP contribution < -0.4 is 0 Å². The number of rotatable bonds is 0. The molecule has 0 bridgehead atoms. The van der Waals surface area contributed by atoms with Crippen LogP contribution in [0.25, 0.3) is 0 Å². The van der Waals surface area contributed by atoms with Crippen molar-refractivity contribution in [2.45, 2.75) is 6.42 Å². The lowest BCUT2D eigenvalue weighted by Gasteiger charge is -2.01. The highest BCUT2D eigenvalue weighted by Crippen LogP contribution is 2.06. The van der Waals surface area contributed by atoms with Crippen molar-refractivity contribution in [1.82, 2.24) is 0 Å². The van der Waals surface area contributed by atoms with Crippen LogP contribution in [-0.2, 0) is 14.3 Å². The highest BCUT2D eigenvalue weighted by molar-refractivity contribution is 5.97. The Labute approximate surface area is 51.6 Å². The molecular weight excluding hydrogens is 120 g/mol. The average Bonchev–Trinajstić information content (AvgIpc) is 1.89. The molecule has 0 amide bonds. The lowest BCUT2D eigenvalue weighted by Crippen LogP contribution is -2.07. The van der Waals surface area contributed by atoms with E-state index < -0.39 is 5.97 Å². The SMILES string of the molecule is O=C=C1CC=COC1=O. The third-order valence-corrected chi connectivity index (χ3v) is 0.963. The van der Waals surface area contributed by atoms with E-state index in [1.807, 2.05) is 0 Å². The molecule has 1 aliphatic rings. The van der Waals surface area contributed by atoms with Crippen molar-refractivity contribution in [3.05, 3.63) is 17.9 Å². The van der Waals surface area contributed by atoms with Crippen molar-refractivity contribution in [2.75, 3.05) is 0 Å². The van der Waals surface area contributed by atoms with Crippen LogP contribution in [0, 0.1) is 0 Å². The van der Waals surface area contributed by atoms with Gasteiger partial charge in [-0.1, -0.05) is 0 Å². The molecule has 1 aliphatic heterocycles. The second kappa shape index (κ2) is 2.29. The van der Waals surface area contributed by atoms with Gasteiger partial charge in [0.05, 0.1) is 6.26 Å². The summed E-state index contributed by atoms with van der Waals surface area (Å²) in [6.07, 6.45) is 3.19. The lowest BCUT2D eigenvalue weighted by atomic mass is 10.2. The van der Waals surface area contributed by atoms with Crippen LogP contribution in [-0.4, -0.2) is 11.9 Å². The van der Waals surface area contributed by atoms with Gasteiger partial charge < -0.3 is 4.74 Å². The summed E-state index contributed by atoms with van der Waals surface area (Å²) in [6.45, 7) is 0. The number of hydrogen-bond acceptors (Lipinski definition) is 3. The van der Waals surface area contributed by atoms with Crippen LogP contribution in [0.15, 0.2) is 17.9 Å². The van der Waals surface area contributed by atoms with Gasteiger partial charge >= 0.3 is 5.97 Å². The van der Waals surface area contributed by atoms with E-state index in [-0.39, 0.29) is 5.57 Å². The molecule has 0 N–H and O–H groups in total. The van der Waals surface area contributed by atoms with E-state index in [1.165, 1.54) is 12.2 Å². The summed E-state index contributed by atoms with van der Waals surface area (Å²) >= 11 is 0. The maximum absolute atomic E-state index is 10.5. The van der Waals surface area contributed by atoms with Crippen LogP contribution in [0.3, 0.4) is 0 Å². The highest BCUT2D eigenvalue weighted by Gasteiger charge is 2.12. The first-order valence-corrected chi connectivity index (χ1v) is 2.44. The van der Waals surface area contributed by atoms with E-state index in [0.717, 1.165) is 0 Å². The Bertz CT molecular complexity index is 208. The standard InChI is InChI=1S/C6H4O3/c7-4-5-2-1-3-9-6(5)8/h1,3H,2H2. The molecule has 1 heterocycles. The molecule has 0 spiro atoms. The third-order valence-electron chi connectivity index (χ3n) is 0.963. The smallest absolute Gasteiger partial charge is 0.350 e. The molecule has 0 aliphatic carbocycles. The van der Waals surface area contributed by atoms with E-state index in [9.17, 15) is 9.59 Å². The van der Waals surface area contributed by atoms with Crippen LogP contribution in [0.5, 0.6) is 0 Å². The van der Waals surface area contributed by atoms with Gasteiger partial charge in [0.2, 0.25) is 0 Å². The number of esters is 1. The minimum absolute atomic E-state index is 0.0532. The molecule has 3 heteroatoms. The molecule has 1 rings (SSSR count). The Hall–Kier alpha value is -1.34. The summed E-state index contributed by atoms with van der Waals surface area (Å²) < 4.78 is 4.36. The number of hydrogen-bond donors (Lipinski definition) is 0. The first-order valence-electron chi connectivity index (χ1n) is 2.44. The first kappa shape index (κ1) is 5.79. The van der Waals surface area contributed by atoms with Crippen molar-refractivity contribution in [3.63, 3.8) is 0 Å². The van der Waals surface area contributed by atoms with Gasteiger partial charge in [0, 0.05) is 6.42 Å². The molecule has 0 atom stereocenters. The number of allylic oxidation sites excluding steroid dienone is 1. The topological polar surface area (TPSA) is 43.4 Å². The minimum Gasteiger partial charge on any atom is -0.431 e. The summed E-state index contributed by atoms with van der Waals surface area (Å²) in [4.78, 5) is 20.3. The third kappa shape index (κ3) is 1.06. The van der Waals surface area contributed by atoms with Crippen molar-refractivity contribution >= 4 is 11.9 Å². The Balaban J connectivity index is 2.88. The number of cyclic esters (lactones) is 1. The monoisotopic (exact) mass is 124 g/mol. The largest absolute Gasteiger partial charge is 0.431 e. The van der Waals surface area contributed by atoms with Crippen molar-refractivity contribution < 1.29 is 14.3 Å². The quantitative estimate of drug-likeness (QED) is 0.263. The summed E-state index contributed by atoms with van der Waals surface area (Å²) in [6, 6.07) is 0.